The van der Waals surface area contributed by atoms with Gasteiger partial charge in [-0.1, -0.05) is 27.2 Å². The molecule has 76 valence electrons. The molecule has 0 amide bonds. The van der Waals surface area contributed by atoms with E-state index in [9.17, 15) is 0 Å². The van der Waals surface area contributed by atoms with Crippen LogP contribution < -0.4 is 0 Å². The molecule has 12 heavy (non-hydrogen) atoms. The molecular formula is C11H26S. The smallest absolute Gasteiger partial charge is 0.0186 e. The van der Waals surface area contributed by atoms with Gasteiger partial charge in [-0.2, -0.15) is 0 Å². The fourth-order valence-corrected chi connectivity index (χ4v) is 8.74. The fourth-order valence-electron chi connectivity index (χ4n) is 2.45. The lowest BCUT2D eigenvalue weighted by Crippen LogP contribution is -2.27. The average Bonchev–Trinajstić information content (AvgIpc) is 2.50. The van der Waals surface area contributed by atoms with Crippen LogP contribution in [0.25, 0.3) is 0 Å². The molecule has 0 nitrogen and oxygen atoms in total. The van der Waals surface area contributed by atoms with Gasteiger partial charge in [-0.05, 0) is 41.4 Å². The summed E-state index contributed by atoms with van der Waals surface area (Å²) in [6, 6.07) is 0. The molecule has 0 bridgehead atoms. The third-order valence-electron chi connectivity index (χ3n) is 4.91. The van der Waals surface area contributed by atoms with Crippen molar-refractivity contribution in [1.29, 1.82) is 0 Å². The van der Waals surface area contributed by atoms with E-state index in [-0.39, 0.29) is 0 Å². The molecule has 1 unspecified atom stereocenters. The zero-order valence-electron chi connectivity index (χ0n) is 9.52. The summed E-state index contributed by atoms with van der Waals surface area (Å²) in [5.74, 6) is 4.55. The van der Waals surface area contributed by atoms with Crippen LogP contribution in [0, 0.1) is 0 Å². The maximum absolute atomic E-state index is 2.64. The van der Waals surface area contributed by atoms with Crippen molar-refractivity contribution in [2.75, 3.05) is 29.8 Å². The molecule has 0 radical (unpaired) electrons. The lowest BCUT2D eigenvalue weighted by Gasteiger charge is -2.60. The second kappa shape index (κ2) is 2.23. The standard InChI is InChI=1S/C11H26S/c1-6-8-9-12(4,5,7-2)10-11(12)3/h11H,6-10H2,1-5H3. The molecule has 0 N–H and O–H groups in total. The van der Waals surface area contributed by atoms with Crippen LogP contribution in [0.3, 0.4) is 0 Å². The molecule has 1 heterocycles. The van der Waals surface area contributed by atoms with E-state index in [0.717, 1.165) is 5.25 Å². The van der Waals surface area contributed by atoms with Crippen molar-refractivity contribution in [3.05, 3.63) is 0 Å². The zero-order chi connectivity index (χ0) is 9.52. The first-order chi connectivity index (χ1) is 5.32. The van der Waals surface area contributed by atoms with Gasteiger partial charge in [0.05, 0.1) is 0 Å². The summed E-state index contributed by atoms with van der Waals surface area (Å²) in [6.45, 7) is 7.20. The van der Waals surface area contributed by atoms with E-state index in [0.29, 0.717) is 0 Å². The van der Waals surface area contributed by atoms with Crippen molar-refractivity contribution in [3.8, 4) is 0 Å². The van der Waals surface area contributed by atoms with E-state index in [1.54, 1.807) is 5.75 Å². The molecule has 1 rings (SSSR count). The second-order valence-electron chi connectivity index (χ2n) is 6.05. The first-order valence-electron chi connectivity index (χ1n) is 5.32. The Morgan fingerprint density at radius 3 is 2.00 bits per heavy atom. The molecule has 0 aromatic carbocycles. The third kappa shape index (κ3) is 1.21. The van der Waals surface area contributed by atoms with Crippen LogP contribution in [0.4, 0.5) is 0 Å². The highest BCUT2D eigenvalue weighted by Gasteiger charge is 2.67. The summed E-state index contributed by atoms with van der Waals surface area (Å²) in [6.07, 6.45) is 8.10. The molecule has 0 aliphatic carbocycles. The topological polar surface area (TPSA) is 0 Å². The normalized spacial score (nSPS) is 40.2. The Balaban J connectivity index is 2.77. The summed E-state index contributed by atoms with van der Waals surface area (Å²) >= 11 is 0. The van der Waals surface area contributed by atoms with Gasteiger partial charge in [-0.25, -0.2) is 0 Å². The van der Waals surface area contributed by atoms with Crippen LogP contribution >= 0.6 is 8.29 Å². The van der Waals surface area contributed by atoms with Crippen molar-refractivity contribution >= 4 is 8.29 Å². The Hall–Kier alpha value is 0.350. The summed E-state index contributed by atoms with van der Waals surface area (Å²) in [4.78, 5) is 0. The number of unbranched alkanes of at least 4 members (excludes halogenated alkanes) is 1. The van der Waals surface area contributed by atoms with E-state index in [1.807, 2.05) is 0 Å². The highest BCUT2D eigenvalue weighted by atomic mass is 32.4. The van der Waals surface area contributed by atoms with Gasteiger partial charge in [0.1, 0.15) is 0 Å². The minimum absolute atomic E-state index is 1.04. The van der Waals surface area contributed by atoms with Crippen molar-refractivity contribution in [2.45, 2.75) is 38.9 Å². The molecule has 1 aliphatic heterocycles. The molecule has 1 heteroatoms. The molecule has 1 aliphatic rings. The Morgan fingerprint density at radius 2 is 1.75 bits per heavy atom. The number of hydrogen-bond acceptors (Lipinski definition) is 0. The molecule has 1 saturated heterocycles. The maximum Gasteiger partial charge on any atom is -0.0186 e. The number of rotatable bonds is 4. The van der Waals surface area contributed by atoms with Crippen molar-refractivity contribution < 1.29 is 0 Å². The van der Waals surface area contributed by atoms with E-state index < -0.39 is 8.29 Å². The van der Waals surface area contributed by atoms with Crippen LogP contribution in [0.15, 0.2) is 0 Å². The van der Waals surface area contributed by atoms with Crippen molar-refractivity contribution in [3.63, 3.8) is 0 Å². The highest BCUT2D eigenvalue weighted by Crippen LogP contribution is 2.99. The van der Waals surface area contributed by atoms with Crippen LogP contribution in [0.2, 0.25) is 0 Å². The van der Waals surface area contributed by atoms with Gasteiger partial charge in [0.15, 0.2) is 0 Å². The average molecular weight is 190 g/mol. The van der Waals surface area contributed by atoms with Gasteiger partial charge < -0.3 is 0 Å². The SMILES string of the molecule is CCCCS1(C)(C)(CC)CC1C. The largest absolute Gasteiger partial charge is 0.275 e. The van der Waals surface area contributed by atoms with Gasteiger partial charge in [0.2, 0.25) is 0 Å². The van der Waals surface area contributed by atoms with E-state index in [2.05, 4.69) is 33.3 Å². The van der Waals surface area contributed by atoms with Gasteiger partial charge in [-0.3, -0.25) is 8.29 Å². The molecule has 0 spiro atoms. The first kappa shape index (κ1) is 10.4. The van der Waals surface area contributed by atoms with Gasteiger partial charge in [-0.15, -0.1) is 0 Å². The summed E-state index contributed by atoms with van der Waals surface area (Å²) in [7, 11) is -1.45. The predicted octanol–water partition coefficient (Wildman–Crippen LogP) is 3.34. The summed E-state index contributed by atoms with van der Waals surface area (Å²) in [5.41, 5.74) is 0. The van der Waals surface area contributed by atoms with E-state index in [4.69, 9.17) is 0 Å². The Bertz CT molecular complexity index is 197. The zero-order valence-corrected chi connectivity index (χ0v) is 10.3. The molecule has 1 fully saturated rings. The van der Waals surface area contributed by atoms with E-state index in [1.165, 1.54) is 24.3 Å². The molecule has 0 aromatic heterocycles. The van der Waals surface area contributed by atoms with Gasteiger partial charge in [0.25, 0.3) is 0 Å². The minimum atomic E-state index is -1.45. The Morgan fingerprint density at radius 1 is 1.25 bits per heavy atom. The summed E-state index contributed by atoms with van der Waals surface area (Å²) in [5, 5.41) is 1.04. The maximum atomic E-state index is 2.64. The number of hydrogen-bond donors (Lipinski definition) is 0. The van der Waals surface area contributed by atoms with Gasteiger partial charge >= 0.3 is 0 Å². The molecule has 0 saturated carbocycles. The molecular weight excluding hydrogens is 164 g/mol. The lowest BCUT2D eigenvalue weighted by atomic mass is 10.4. The van der Waals surface area contributed by atoms with Crippen LogP contribution in [0.5, 0.6) is 0 Å². The molecule has 1 atom stereocenters. The minimum Gasteiger partial charge on any atom is -0.275 e. The van der Waals surface area contributed by atoms with Crippen molar-refractivity contribution in [1.82, 2.24) is 0 Å². The lowest BCUT2D eigenvalue weighted by molar-refractivity contribution is 0.886. The monoisotopic (exact) mass is 190 g/mol. The van der Waals surface area contributed by atoms with E-state index >= 15 is 0 Å². The third-order valence-corrected chi connectivity index (χ3v) is 14.0. The van der Waals surface area contributed by atoms with Crippen LogP contribution in [0.1, 0.15) is 33.6 Å². The predicted molar refractivity (Wildman–Crippen MR) is 64.1 cm³/mol. The van der Waals surface area contributed by atoms with Crippen LogP contribution in [-0.4, -0.2) is 35.0 Å². The molecule has 0 aromatic rings. The van der Waals surface area contributed by atoms with Crippen LogP contribution in [-0.2, 0) is 0 Å². The van der Waals surface area contributed by atoms with Crippen molar-refractivity contribution in [2.24, 2.45) is 0 Å². The second-order valence-corrected chi connectivity index (χ2v) is 15.6. The highest BCUT2D eigenvalue weighted by molar-refractivity contribution is 8.69. The Kier molecular flexibility index (Phi) is 1.94. The first-order valence-corrected chi connectivity index (χ1v) is 9.15. The van der Waals surface area contributed by atoms with Gasteiger partial charge in [0, 0.05) is 0 Å². The summed E-state index contributed by atoms with van der Waals surface area (Å²) < 4.78 is 0. The quantitative estimate of drug-likeness (QED) is 0.596. The Labute approximate surface area is 77.4 Å². The fraction of sp³-hybridized carbons (Fsp3) is 1.00.